The number of carboxylic acids is 1. The molecule has 0 saturated carbocycles. The highest BCUT2D eigenvalue weighted by Crippen LogP contribution is 2.06. The summed E-state index contributed by atoms with van der Waals surface area (Å²) in [4.78, 5) is 47.3. The van der Waals surface area contributed by atoms with Crippen molar-refractivity contribution < 1.29 is 29.0 Å². The van der Waals surface area contributed by atoms with Gasteiger partial charge in [-0.15, -0.1) is 0 Å². The lowest BCUT2D eigenvalue weighted by atomic mass is 10.0. The second-order valence-electron chi connectivity index (χ2n) is 6.51. The number of amides is 3. The first kappa shape index (κ1) is 22.4. The Kier molecular flexibility index (Phi) is 8.37. The van der Waals surface area contributed by atoms with E-state index in [0.29, 0.717) is 0 Å². The molecule has 9 heteroatoms. The van der Waals surface area contributed by atoms with E-state index in [1.807, 2.05) is 6.07 Å². The van der Waals surface area contributed by atoms with E-state index in [2.05, 4.69) is 10.6 Å². The summed E-state index contributed by atoms with van der Waals surface area (Å²) in [5, 5.41) is 13.6. The summed E-state index contributed by atoms with van der Waals surface area (Å²) in [5.74, 6) is -3.04. The van der Waals surface area contributed by atoms with Crippen molar-refractivity contribution in [1.82, 2.24) is 10.6 Å². The summed E-state index contributed by atoms with van der Waals surface area (Å²) >= 11 is 0. The van der Waals surface area contributed by atoms with Gasteiger partial charge < -0.3 is 26.2 Å². The minimum atomic E-state index is -1.41. The van der Waals surface area contributed by atoms with Gasteiger partial charge in [0.2, 0.25) is 11.8 Å². The van der Waals surface area contributed by atoms with E-state index in [9.17, 15) is 19.2 Å². The molecule has 3 amide bonds. The molecule has 0 unspecified atom stereocenters. The van der Waals surface area contributed by atoms with Crippen LogP contribution in [0.3, 0.4) is 0 Å². The summed E-state index contributed by atoms with van der Waals surface area (Å²) in [7, 11) is 0. The Morgan fingerprint density at radius 3 is 1.97 bits per heavy atom. The normalized spacial score (nSPS) is 12.3. The van der Waals surface area contributed by atoms with Crippen LogP contribution in [-0.2, 0) is 32.1 Å². The fourth-order valence-electron chi connectivity index (χ4n) is 2.64. The highest BCUT2D eigenvalue weighted by molar-refractivity contribution is 5.92. The number of carbonyl (C=O) groups excluding carboxylic acids is 3. The molecule has 158 valence electrons. The largest absolute Gasteiger partial charge is 0.481 e. The van der Waals surface area contributed by atoms with E-state index >= 15 is 0 Å². The third kappa shape index (κ3) is 7.63. The number of alkyl carbamates (subject to hydrolysis) is 1. The van der Waals surface area contributed by atoms with Crippen molar-refractivity contribution in [2.45, 2.75) is 31.5 Å². The Labute approximate surface area is 173 Å². The van der Waals surface area contributed by atoms with Crippen molar-refractivity contribution in [2.24, 2.45) is 5.73 Å². The lowest BCUT2D eigenvalue weighted by molar-refractivity contribution is -0.140. The van der Waals surface area contributed by atoms with Crippen LogP contribution in [0.15, 0.2) is 60.7 Å². The highest BCUT2D eigenvalue weighted by atomic mass is 16.5. The molecule has 2 rings (SSSR count). The number of primary amides is 1. The molecule has 0 aromatic heterocycles. The molecule has 9 nitrogen and oxygen atoms in total. The van der Waals surface area contributed by atoms with Gasteiger partial charge in [-0.05, 0) is 11.1 Å². The van der Waals surface area contributed by atoms with Crippen LogP contribution in [0.4, 0.5) is 4.79 Å². The average molecular weight is 413 g/mol. The third-order valence-corrected chi connectivity index (χ3v) is 4.14. The van der Waals surface area contributed by atoms with Crippen LogP contribution >= 0.6 is 0 Å². The predicted octanol–water partition coefficient (Wildman–Crippen LogP) is 0.969. The summed E-state index contributed by atoms with van der Waals surface area (Å²) in [6.07, 6.45) is -1.40. The topological polar surface area (TPSA) is 148 Å². The standard InChI is InChI=1S/C21H23N3O6/c22-19(27)16(12-18(25)26)23-20(28)17(11-14-7-3-1-4-8-14)24-21(29)30-13-15-9-5-2-6-10-15/h1-10,16-17H,11-13H2,(H2,22,27)(H,23,28)(H,24,29)(H,25,26)/t16-,17-/m0/s1. The summed E-state index contributed by atoms with van der Waals surface area (Å²) in [6.45, 7) is 0.00920. The second kappa shape index (κ2) is 11.2. The number of aliphatic carboxylic acids is 1. The minimum Gasteiger partial charge on any atom is -0.481 e. The molecule has 2 atom stereocenters. The average Bonchev–Trinajstić information content (AvgIpc) is 2.72. The zero-order valence-electron chi connectivity index (χ0n) is 16.1. The van der Waals surface area contributed by atoms with E-state index in [1.54, 1.807) is 54.6 Å². The van der Waals surface area contributed by atoms with Gasteiger partial charge >= 0.3 is 12.1 Å². The number of benzene rings is 2. The fraction of sp³-hybridized carbons (Fsp3) is 0.238. The van der Waals surface area contributed by atoms with Crippen LogP contribution < -0.4 is 16.4 Å². The maximum atomic E-state index is 12.7. The first-order valence-corrected chi connectivity index (χ1v) is 9.17. The van der Waals surface area contributed by atoms with Crippen LogP contribution in [0.1, 0.15) is 17.5 Å². The monoisotopic (exact) mass is 413 g/mol. The van der Waals surface area contributed by atoms with E-state index in [4.69, 9.17) is 15.6 Å². The van der Waals surface area contributed by atoms with Crippen LogP contribution in [0.25, 0.3) is 0 Å². The summed E-state index contributed by atoms with van der Waals surface area (Å²) < 4.78 is 5.15. The predicted molar refractivity (Wildman–Crippen MR) is 107 cm³/mol. The van der Waals surface area contributed by atoms with Gasteiger partial charge in [-0.2, -0.15) is 0 Å². The maximum absolute atomic E-state index is 12.7. The molecule has 0 heterocycles. The molecule has 2 aromatic rings. The number of hydrogen-bond acceptors (Lipinski definition) is 5. The number of nitrogens with two attached hydrogens (primary N) is 1. The first-order valence-electron chi connectivity index (χ1n) is 9.17. The number of carboxylic acid groups (broad SMARTS) is 1. The van der Waals surface area contributed by atoms with Gasteiger partial charge in [-0.1, -0.05) is 60.7 Å². The van der Waals surface area contributed by atoms with Crippen molar-refractivity contribution in [3.8, 4) is 0 Å². The molecular formula is C21H23N3O6. The molecular weight excluding hydrogens is 390 g/mol. The van der Waals surface area contributed by atoms with Crippen molar-refractivity contribution >= 4 is 23.9 Å². The van der Waals surface area contributed by atoms with E-state index < -0.39 is 42.4 Å². The molecule has 0 spiro atoms. The van der Waals surface area contributed by atoms with Crippen molar-refractivity contribution in [3.63, 3.8) is 0 Å². The van der Waals surface area contributed by atoms with Gasteiger partial charge in [0.1, 0.15) is 18.7 Å². The van der Waals surface area contributed by atoms with Gasteiger partial charge in [0.25, 0.3) is 0 Å². The Morgan fingerprint density at radius 1 is 0.867 bits per heavy atom. The molecule has 0 radical (unpaired) electrons. The number of rotatable bonds is 10. The molecule has 0 saturated heterocycles. The zero-order valence-corrected chi connectivity index (χ0v) is 16.1. The summed E-state index contributed by atoms with van der Waals surface area (Å²) in [6, 6.07) is 15.4. The number of ether oxygens (including phenoxy) is 1. The number of nitrogens with one attached hydrogen (secondary N) is 2. The smallest absolute Gasteiger partial charge is 0.408 e. The molecule has 30 heavy (non-hydrogen) atoms. The highest BCUT2D eigenvalue weighted by Gasteiger charge is 2.27. The van der Waals surface area contributed by atoms with Crippen LogP contribution in [0.5, 0.6) is 0 Å². The van der Waals surface area contributed by atoms with Gasteiger partial charge in [-0.3, -0.25) is 14.4 Å². The second-order valence-corrected chi connectivity index (χ2v) is 6.51. The lowest BCUT2D eigenvalue weighted by Crippen LogP contribution is -2.54. The molecule has 0 aliphatic heterocycles. The van der Waals surface area contributed by atoms with Crippen LogP contribution in [-0.4, -0.2) is 41.1 Å². The molecule has 0 fully saturated rings. The SMILES string of the molecule is NC(=O)[C@H](CC(=O)O)NC(=O)[C@H](Cc1ccccc1)NC(=O)OCc1ccccc1. The van der Waals surface area contributed by atoms with Crippen molar-refractivity contribution in [3.05, 3.63) is 71.8 Å². The zero-order chi connectivity index (χ0) is 21.9. The molecule has 5 N–H and O–H groups in total. The summed E-state index contributed by atoms with van der Waals surface area (Å²) in [5.41, 5.74) is 6.69. The molecule has 0 bridgehead atoms. The molecule has 2 aromatic carbocycles. The van der Waals surface area contributed by atoms with E-state index in [1.165, 1.54) is 0 Å². The van der Waals surface area contributed by atoms with Crippen molar-refractivity contribution in [2.75, 3.05) is 0 Å². The maximum Gasteiger partial charge on any atom is 0.408 e. The quantitative estimate of drug-likeness (QED) is 0.456. The minimum absolute atomic E-state index is 0.00920. The van der Waals surface area contributed by atoms with Gasteiger partial charge in [0.15, 0.2) is 0 Å². The lowest BCUT2D eigenvalue weighted by Gasteiger charge is -2.21. The van der Waals surface area contributed by atoms with Gasteiger partial charge in [-0.25, -0.2) is 4.79 Å². The first-order chi connectivity index (χ1) is 14.3. The number of hydrogen-bond donors (Lipinski definition) is 4. The third-order valence-electron chi connectivity index (χ3n) is 4.14. The Morgan fingerprint density at radius 2 is 1.43 bits per heavy atom. The van der Waals surface area contributed by atoms with Gasteiger partial charge in [0.05, 0.1) is 6.42 Å². The van der Waals surface area contributed by atoms with E-state index in [-0.39, 0.29) is 13.0 Å². The number of carbonyl (C=O) groups is 4. The molecule has 0 aliphatic carbocycles. The van der Waals surface area contributed by atoms with Crippen molar-refractivity contribution in [1.29, 1.82) is 0 Å². The van der Waals surface area contributed by atoms with Crippen LogP contribution in [0.2, 0.25) is 0 Å². The Hall–Kier alpha value is -3.88. The molecule has 0 aliphatic rings. The fourth-order valence-corrected chi connectivity index (χ4v) is 2.64. The Balaban J connectivity index is 2.06. The van der Waals surface area contributed by atoms with Crippen LogP contribution in [0, 0.1) is 0 Å². The van der Waals surface area contributed by atoms with E-state index in [0.717, 1.165) is 11.1 Å². The Bertz CT molecular complexity index is 873. The van der Waals surface area contributed by atoms with Gasteiger partial charge in [0, 0.05) is 6.42 Å².